The predicted molar refractivity (Wildman–Crippen MR) is 106 cm³/mol. The van der Waals surface area contributed by atoms with Crippen LogP contribution >= 0.6 is 0 Å². The summed E-state index contributed by atoms with van der Waals surface area (Å²) in [6.07, 6.45) is 0. The Morgan fingerprint density at radius 2 is 0.955 bits per heavy atom. The van der Waals surface area contributed by atoms with Gasteiger partial charge in [-0.2, -0.15) is 0 Å². The molecule has 0 saturated carbocycles. The zero-order chi connectivity index (χ0) is 16.4. The average molecular weight is 345 g/mol. The van der Waals surface area contributed by atoms with Crippen molar-refractivity contribution in [2.75, 3.05) is 0 Å². The second-order valence-corrected chi connectivity index (χ2v) is 26.5. The van der Waals surface area contributed by atoms with E-state index >= 15 is 0 Å². The highest BCUT2D eigenvalue weighted by molar-refractivity contribution is 7.49. The number of hydrogen-bond acceptors (Lipinski definition) is 1. The van der Waals surface area contributed by atoms with Gasteiger partial charge in [0.15, 0.2) is 8.32 Å². The van der Waals surface area contributed by atoms with Gasteiger partial charge in [-0.1, -0.05) is 80.3 Å². The third-order valence-corrected chi connectivity index (χ3v) is 20.9. The Morgan fingerprint density at radius 1 is 0.591 bits per heavy atom. The van der Waals surface area contributed by atoms with Crippen LogP contribution < -0.4 is 10.4 Å². The fourth-order valence-corrected chi connectivity index (χ4v) is 24.0. The van der Waals surface area contributed by atoms with Crippen LogP contribution in [0.25, 0.3) is 0 Å². The molecule has 0 bridgehead atoms. The summed E-state index contributed by atoms with van der Waals surface area (Å²) in [4.78, 5) is 0. The van der Waals surface area contributed by atoms with E-state index in [0.29, 0.717) is 0 Å². The van der Waals surface area contributed by atoms with Gasteiger partial charge in [-0.25, -0.2) is 0 Å². The van der Waals surface area contributed by atoms with Crippen molar-refractivity contribution in [3.8, 4) is 0 Å². The van der Waals surface area contributed by atoms with Gasteiger partial charge >= 0.3 is 0 Å². The van der Waals surface area contributed by atoms with E-state index in [1.54, 1.807) is 0 Å². The molecule has 0 radical (unpaired) electrons. The highest BCUT2D eigenvalue weighted by atomic mass is 29.3. The van der Waals surface area contributed by atoms with Gasteiger partial charge in [0, 0.05) is 0 Å². The first kappa shape index (κ1) is 17.4. The minimum atomic E-state index is -2.18. The SMILES string of the molecule is C[Si](C)(C)O[Si](c1ccccc1)(c1ccccc1)[Si](C)(C)C. The van der Waals surface area contributed by atoms with Crippen LogP contribution in [-0.4, -0.2) is 23.7 Å². The van der Waals surface area contributed by atoms with Gasteiger partial charge in [-0.05, 0) is 30.0 Å². The largest absolute Gasteiger partial charge is 0.451 e. The molecular formula is C18H28OSi3. The number of benzene rings is 2. The molecule has 0 atom stereocenters. The Balaban J connectivity index is 2.76. The van der Waals surface area contributed by atoms with Crippen molar-refractivity contribution in [3.05, 3.63) is 60.7 Å². The van der Waals surface area contributed by atoms with E-state index < -0.39 is 23.7 Å². The molecule has 0 aromatic heterocycles. The highest BCUT2D eigenvalue weighted by Gasteiger charge is 2.52. The Morgan fingerprint density at radius 3 is 1.23 bits per heavy atom. The molecule has 0 spiro atoms. The lowest BCUT2D eigenvalue weighted by atomic mass is 10.4. The molecule has 0 aliphatic heterocycles. The zero-order valence-corrected chi connectivity index (χ0v) is 17.7. The molecule has 0 aliphatic rings. The van der Waals surface area contributed by atoms with Crippen LogP contribution in [-0.2, 0) is 4.12 Å². The van der Waals surface area contributed by atoms with Crippen LogP contribution in [0.2, 0.25) is 39.3 Å². The summed E-state index contributed by atoms with van der Waals surface area (Å²) < 4.78 is 7.10. The average Bonchev–Trinajstić information content (AvgIpc) is 2.44. The molecule has 0 amide bonds. The van der Waals surface area contributed by atoms with Crippen molar-refractivity contribution < 1.29 is 4.12 Å². The molecule has 2 aromatic rings. The van der Waals surface area contributed by atoms with Crippen molar-refractivity contribution in [1.29, 1.82) is 0 Å². The Kier molecular flexibility index (Phi) is 4.97. The minimum Gasteiger partial charge on any atom is -0.451 e. The third-order valence-electron chi connectivity index (χ3n) is 3.88. The fraction of sp³-hybridized carbons (Fsp3) is 0.333. The first-order valence-electron chi connectivity index (χ1n) is 7.98. The summed E-state index contributed by atoms with van der Waals surface area (Å²) in [5, 5.41) is 2.87. The van der Waals surface area contributed by atoms with Crippen LogP contribution in [0.5, 0.6) is 0 Å². The maximum absolute atomic E-state index is 7.10. The van der Waals surface area contributed by atoms with Crippen molar-refractivity contribution in [2.45, 2.75) is 39.3 Å². The molecule has 0 heterocycles. The zero-order valence-electron chi connectivity index (χ0n) is 14.7. The van der Waals surface area contributed by atoms with Crippen LogP contribution in [0, 0.1) is 0 Å². The minimum absolute atomic E-state index is 1.43. The topological polar surface area (TPSA) is 9.23 Å². The summed E-state index contributed by atoms with van der Waals surface area (Å²) in [6.45, 7) is 14.4. The van der Waals surface area contributed by atoms with Gasteiger partial charge in [0.2, 0.25) is 7.83 Å². The monoisotopic (exact) mass is 344 g/mol. The molecule has 22 heavy (non-hydrogen) atoms. The van der Waals surface area contributed by atoms with Crippen LogP contribution in [0.1, 0.15) is 0 Å². The Hall–Kier alpha value is -0.949. The van der Waals surface area contributed by atoms with E-state index in [0.717, 1.165) is 0 Å². The van der Waals surface area contributed by atoms with E-state index in [-0.39, 0.29) is 0 Å². The maximum Gasteiger partial charge on any atom is 0.228 e. The molecule has 0 unspecified atom stereocenters. The molecule has 0 aliphatic carbocycles. The number of hydrogen-bond donors (Lipinski definition) is 0. The van der Waals surface area contributed by atoms with E-state index in [2.05, 4.69) is 99.9 Å². The van der Waals surface area contributed by atoms with Crippen LogP contribution in [0.15, 0.2) is 60.7 Å². The molecule has 0 N–H and O–H groups in total. The molecule has 2 aromatic carbocycles. The standard InChI is InChI=1S/C18H28OSi3/c1-20(2,3)19-22(21(4,5)6,17-13-9-7-10-14-17)18-15-11-8-12-16-18/h7-16H,1-6H3. The lowest BCUT2D eigenvalue weighted by Gasteiger charge is -2.46. The van der Waals surface area contributed by atoms with Gasteiger partial charge in [0.25, 0.3) is 0 Å². The Labute approximate surface area is 138 Å². The van der Waals surface area contributed by atoms with Gasteiger partial charge in [0.1, 0.15) is 0 Å². The molecular weight excluding hydrogens is 316 g/mol. The first-order chi connectivity index (χ1) is 10.2. The second-order valence-electron chi connectivity index (χ2n) is 7.88. The summed E-state index contributed by atoms with van der Waals surface area (Å²) >= 11 is 0. The third kappa shape index (κ3) is 3.51. The smallest absolute Gasteiger partial charge is 0.228 e. The van der Waals surface area contributed by atoms with Gasteiger partial charge in [-0.3, -0.25) is 0 Å². The lowest BCUT2D eigenvalue weighted by Crippen LogP contribution is -2.77. The molecule has 118 valence electrons. The van der Waals surface area contributed by atoms with Gasteiger partial charge in [-0.15, -0.1) is 0 Å². The van der Waals surface area contributed by atoms with E-state index in [1.807, 2.05) is 0 Å². The van der Waals surface area contributed by atoms with Crippen molar-refractivity contribution >= 4 is 34.1 Å². The summed E-state index contributed by atoms with van der Waals surface area (Å²) in [7, 11) is -5.43. The molecule has 2 rings (SSSR count). The Bertz CT molecular complexity index is 558. The van der Waals surface area contributed by atoms with Crippen LogP contribution in [0.4, 0.5) is 0 Å². The quantitative estimate of drug-likeness (QED) is 0.745. The second kappa shape index (κ2) is 6.28. The van der Waals surface area contributed by atoms with Crippen molar-refractivity contribution in [3.63, 3.8) is 0 Å². The fourth-order valence-electron chi connectivity index (χ4n) is 3.11. The number of rotatable bonds is 5. The predicted octanol–water partition coefficient (Wildman–Crippen LogP) is 4.01. The lowest BCUT2D eigenvalue weighted by molar-refractivity contribution is 0.582. The van der Waals surface area contributed by atoms with E-state index in [1.165, 1.54) is 10.4 Å². The van der Waals surface area contributed by atoms with Gasteiger partial charge in [0.05, 0.1) is 7.59 Å². The van der Waals surface area contributed by atoms with E-state index in [4.69, 9.17) is 4.12 Å². The summed E-state index contributed by atoms with van der Waals surface area (Å²) in [5.41, 5.74) is 0. The molecule has 1 nitrogen and oxygen atoms in total. The summed E-state index contributed by atoms with van der Waals surface area (Å²) in [6, 6.07) is 22.0. The normalized spacial score (nSPS) is 13.2. The van der Waals surface area contributed by atoms with Crippen LogP contribution in [0.3, 0.4) is 0 Å². The molecule has 4 heteroatoms. The first-order valence-corrected chi connectivity index (χ1v) is 17.8. The molecule has 0 saturated heterocycles. The molecule has 0 fully saturated rings. The van der Waals surface area contributed by atoms with Crippen molar-refractivity contribution in [2.24, 2.45) is 0 Å². The summed E-state index contributed by atoms with van der Waals surface area (Å²) in [5.74, 6) is 0. The highest BCUT2D eigenvalue weighted by Crippen LogP contribution is 2.25. The van der Waals surface area contributed by atoms with E-state index in [9.17, 15) is 0 Å². The van der Waals surface area contributed by atoms with Crippen molar-refractivity contribution in [1.82, 2.24) is 0 Å². The van der Waals surface area contributed by atoms with Gasteiger partial charge < -0.3 is 4.12 Å². The maximum atomic E-state index is 7.10.